The minimum Gasteiger partial charge on any atom is -0.497 e. The van der Waals surface area contributed by atoms with E-state index in [0.29, 0.717) is 13.2 Å². The number of nitrogens with zero attached hydrogens (tertiary/aromatic N) is 1. The van der Waals surface area contributed by atoms with Gasteiger partial charge in [-0.05, 0) is 48.2 Å². The first-order valence-corrected chi connectivity index (χ1v) is 9.53. The summed E-state index contributed by atoms with van der Waals surface area (Å²) in [6.07, 6.45) is 1.84. The first kappa shape index (κ1) is 25.0. The lowest BCUT2D eigenvalue weighted by molar-refractivity contribution is 0.119. The third-order valence-electron chi connectivity index (χ3n) is 4.27. The van der Waals surface area contributed by atoms with Gasteiger partial charge >= 0.3 is 0 Å². The second-order valence-corrected chi connectivity index (χ2v) is 6.28. The van der Waals surface area contributed by atoms with Gasteiger partial charge in [0, 0.05) is 26.7 Å². The highest BCUT2D eigenvalue weighted by Gasteiger charge is 1.99. The maximum absolute atomic E-state index is 5.72. The quantitative estimate of drug-likeness (QED) is 0.208. The second-order valence-electron chi connectivity index (χ2n) is 6.28. The zero-order valence-corrected chi connectivity index (χ0v) is 19.8. The van der Waals surface area contributed by atoms with Crippen LogP contribution >= 0.6 is 24.0 Å². The predicted molar refractivity (Wildman–Crippen MR) is 129 cm³/mol. The van der Waals surface area contributed by atoms with E-state index < -0.39 is 0 Å². The fraction of sp³-hybridized carbons (Fsp3) is 0.409. The molecule has 2 N–H and O–H groups in total. The number of guanidine groups is 1. The van der Waals surface area contributed by atoms with Crippen LogP contribution in [0.2, 0.25) is 0 Å². The number of aliphatic imine (C=N–C) groups is 1. The van der Waals surface area contributed by atoms with Gasteiger partial charge in [-0.3, -0.25) is 4.99 Å². The lowest BCUT2D eigenvalue weighted by Gasteiger charge is -2.12. The molecule has 0 fully saturated rings. The predicted octanol–water partition coefficient (Wildman–Crippen LogP) is 3.64. The van der Waals surface area contributed by atoms with Crippen molar-refractivity contribution in [1.82, 2.24) is 10.6 Å². The molecule has 6 nitrogen and oxygen atoms in total. The molecule has 0 saturated heterocycles. The molecule has 2 aromatic carbocycles. The molecule has 160 valence electrons. The molecule has 2 aromatic rings. The zero-order valence-electron chi connectivity index (χ0n) is 17.4. The standard InChI is InChI=1S/C22H31N3O3.HI/c1-23-22(25-15-13-18-5-9-20(26-2)10-6-18)24-14-4-16-28-17-19-7-11-21(27-3)12-8-19;/h5-12H,4,13-17H2,1-3H3,(H2,23,24,25);1H. The fourth-order valence-electron chi connectivity index (χ4n) is 2.63. The molecule has 0 heterocycles. The summed E-state index contributed by atoms with van der Waals surface area (Å²) in [5.74, 6) is 2.55. The molecule has 0 radical (unpaired) electrons. The highest BCUT2D eigenvalue weighted by molar-refractivity contribution is 14.0. The van der Waals surface area contributed by atoms with Crippen molar-refractivity contribution in [3.05, 3.63) is 59.7 Å². The average Bonchev–Trinajstić information content (AvgIpc) is 2.75. The SMILES string of the molecule is CN=C(NCCCOCc1ccc(OC)cc1)NCCc1ccc(OC)cc1.I. The van der Waals surface area contributed by atoms with E-state index in [2.05, 4.69) is 27.8 Å². The van der Waals surface area contributed by atoms with E-state index in [1.807, 2.05) is 36.4 Å². The molecule has 0 aliphatic heterocycles. The first-order chi connectivity index (χ1) is 13.7. The maximum Gasteiger partial charge on any atom is 0.190 e. The number of halogens is 1. The van der Waals surface area contributed by atoms with Crippen molar-refractivity contribution in [2.24, 2.45) is 4.99 Å². The van der Waals surface area contributed by atoms with Gasteiger partial charge in [0.1, 0.15) is 11.5 Å². The number of rotatable bonds is 11. The van der Waals surface area contributed by atoms with Crippen LogP contribution in [0.3, 0.4) is 0 Å². The van der Waals surface area contributed by atoms with E-state index in [-0.39, 0.29) is 24.0 Å². The van der Waals surface area contributed by atoms with Crippen molar-refractivity contribution in [1.29, 1.82) is 0 Å². The smallest absolute Gasteiger partial charge is 0.190 e. The Kier molecular flexibility index (Phi) is 12.9. The molecule has 0 unspecified atom stereocenters. The van der Waals surface area contributed by atoms with Crippen molar-refractivity contribution in [3.8, 4) is 11.5 Å². The van der Waals surface area contributed by atoms with Crippen molar-refractivity contribution >= 4 is 29.9 Å². The Morgan fingerprint density at radius 2 is 1.38 bits per heavy atom. The highest BCUT2D eigenvalue weighted by atomic mass is 127. The van der Waals surface area contributed by atoms with Crippen LogP contribution in [0.1, 0.15) is 17.5 Å². The third-order valence-corrected chi connectivity index (χ3v) is 4.27. The van der Waals surface area contributed by atoms with Gasteiger partial charge in [0.25, 0.3) is 0 Å². The topological polar surface area (TPSA) is 64.1 Å². The number of nitrogens with one attached hydrogen (secondary N) is 2. The summed E-state index contributed by atoms with van der Waals surface area (Å²) in [4.78, 5) is 4.25. The van der Waals surface area contributed by atoms with Crippen molar-refractivity contribution in [2.75, 3.05) is 41.0 Å². The zero-order chi connectivity index (χ0) is 20.0. The van der Waals surface area contributed by atoms with E-state index in [1.54, 1.807) is 21.3 Å². The van der Waals surface area contributed by atoms with Gasteiger partial charge in [0.05, 0.1) is 20.8 Å². The summed E-state index contributed by atoms with van der Waals surface area (Å²) in [6, 6.07) is 16.1. The van der Waals surface area contributed by atoms with Crippen LogP contribution in [0, 0.1) is 0 Å². The monoisotopic (exact) mass is 513 g/mol. The Bertz CT molecular complexity index is 706. The van der Waals surface area contributed by atoms with Crippen molar-refractivity contribution in [2.45, 2.75) is 19.4 Å². The van der Waals surface area contributed by atoms with Crippen LogP contribution in [0.25, 0.3) is 0 Å². The first-order valence-electron chi connectivity index (χ1n) is 9.53. The van der Waals surface area contributed by atoms with Crippen LogP contribution in [-0.4, -0.2) is 46.9 Å². The second kappa shape index (κ2) is 14.9. The number of hydrogen-bond donors (Lipinski definition) is 2. The maximum atomic E-state index is 5.72. The van der Waals surface area contributed by atoms with E-state index in [4.69, 9.17) is 14.2 Å². The fourth-order valence-corrected chi connectivity index (χ4v) is 2.63. The molecule has 29 heavy (non-hydrogen) atoms. The van der Waals surface area contributed by atoms with Crippen molar-refractivity contribution in [3.63, 3.8) is 0 Å². The summed E-state index contributed by atoms with van der Waals surface area (Å²) in [5.41, 5.74) is 2.40. The van der Waals surface area contributed by atoms with Gasteiger partial charge in [-0.1, -0.05) is 24.3 Å². The largest absolute Gasteiger partial charge is 0.497 e. The number of ether oxygens (including phenoxy) is 3. The summed E-state index contributed by atoms with van der Waals surface area (Å²) in [5, 5.41) is 6.64. The molecule has 0 bridgehead atoms. The normalized spacial score (nSPS) is 10.8. The summed E-state index contributed by atoms with van der Waals surface area (Å²) >= 11 is 0. The lowest BCUT2D eigenvalue weighted by Crippen LogP contribution is -2.39. The molecule has 0 atom stereocenters. The molecule has 0 aliphatic carbocycles. The third kappa shape index (κ3) is 9.85. The molecule has 0 aromatic heterocycles. The number of methoxy groups -OCH3 is 2. The summed E-state index contributed by atoms with van der Waals surface area (Å²) in [6.45, 7) is 2.94. The molecule has 7 heteroatoms. The summed E-state index contributed by atoms with van der Waals surface area (Å²) in [7, 11) is 5.12. The molecule has 0 saturated carbocycles. The van der Waals surface area contributed by atoms with Crippen LogP contribution in [0.5, 0.6) is 11.5 Å². The molecule has 0 amide bonds. The van der Waals surface area contributed by atoms with Gasteiger partial charge < -0.3 is 24.8 Å². The van der Waals surface area contributed by atoms with Gasteiger partial charge in [0.2, 0.25) is 0 Å². The Balaban J connectivity index is 0.00000420. The minimum atomic E-state index is 0. The Hall–Kier alpha value is -2.00. The molecular formula is C22H32IN3O3. The minimum absolute atomic E-state index is 0. The van der Waals surface area contributed by atoms with Gasteiger partial charge in [-0.2, -0.15) is 0 Å². The highest BCUT2D eigenvalue weighted by Crippen LogP contribution is 2.12. The van der Waals surface area contributed by atoms with E-state index in [0.717, 1.165) is 49.0 Å². The molecule has 0 spiro atoms. The molecular weight excluding hydrogens is 481 g/mol. The average molecular weight is 513 g/mol. The summed E-state index contributed by atoms with van der Waals surface area (Å²) < 4.78 is 16.0. The van der Waals surface area contributed by atoms with Crippen LogP contribution < -0.4 is 20.1 Å². The number of benzene rings is 2. The molecule has 0 aliphatic rings. The van der Waals surface area contributed by atoms with Crippen LogP contribution in [-0.2, 0) is 17.8 Å². The van der Waals surface area contributed by atoms with Crippen molar-refractivity contribution < 1.29 is 14.2 Å². The van der Waals surface area contributed by atoms with Crippen LogP contribution in [0.15, 0.2) is 53.5 Å². The Labute approximate surface area is 191 Å². The lowest BCUT2D eigenvalue weighted by atomic mass is 10.1. The van der Waals surface area contributed by atoms with Gasteiger partial charge in [-0.15, -0.1) is 24.0 Å². The van der Waals surface area contributed by atoms with E-state index in [9.17, 15) is 0 Å². The number of hydrogen-bond acceptors (Lipinski definition) is 4. The van der Waals surface area contributed by atoms with Gasteiger partial charge in [0.15, 0.2) is 5.96 Å². The van der Waals surface area contributed by atoms with Crippen LogP contribution in [0.4, 0.5) is 0 Å². The molecule has 2 rings (SSSR count). The van der Waals surface area contributed by atoms with E-state index in [1.165, 1.54) is 5.56 Å². The Morgan fingerprint density at radius 3 is 1.93 bits per heavy atom. The Morgan fingerprint density at radius 1 is 0.828 bits per heavy atom. The van der Waals surface area contributed by atoms with Gasteiger partial charge in [-0.25, -0.2) is 0 Å². The van der Waals surface area contributed by atoms with E-state index >= 15 is 0 Å².